The zero-order valence-corrected chi connectivity index (χ0v) is 9.86. The van der Waals surface area contributed by atoms with Gasteiger partial charge in [0.1, 0.15) is 0 Å². The molecule has 2 aromatic rings. The minimum atomic E-state index is 0.305. The van der Waals surface area contributed by atoms with Crippen molar-refractivity contribution in [1.82, 2.24) is 4.98 Å². The van der Waals surface area contributed by atoms with E-state index in [1.165, 1.54) is 5.56 Å². The van der Waals surface area contributed by atoms with Crippen LogP contribution in [0.2, 0.25) is 0 Å². The molecule has 0 saturated heterocycles. The van der Waals surface area contributed by atoms with Crippen LogP contribution in [0.25, 0.3) is 11.3 Å². The maximum absolute atomic E-state index is 5.36. The predicted molar refractivity (Wildman–Crippen MR) is 65.3 cm³/mol. The predicted octanol–water partition coefficient (Wildman–Crippen LogP) is 3.09. The Labute approximate surface area is 100 Å². The highest BCUT2D eigenvalue weighted by Crippen LogP contribution is 2.35. The first-order valence-electron chi connectivity index (χ1n) is 5.58. The van der Waals surface area contributed by atoms with Gasteiger partial charge < -0.3 is 9.47 Å². The van der Waals surface area contributed by atoms with Crippen molar-refractivity contribution in [2.24, 2.45) is 0 Å². The SMILES string of the molecule is Cc1ccc(-c2ccc3c(c2)OCO3)nc1C. The summed E-state index contributed by atoms with van der Waals surface area (Å²) in [5.41, 5.74) is 4.28. The normalized spacial score (nSPS) is 12.8. The Hall–Kier alpha value is -2.03. The first-order chi connectivity index (χ1) is 8.24. The second-order valence-electron chi connectivity index (χ2n) is 4.17. The summed E-state index contributed by atoms with van der Waals surface area (Å²) in [6, 6.07) is 10.0. The van der Waals surface area contributed by atoms with Crippen LogP contribution >= 0.6 is 0 Å². The van der Waals surface area contributed by atoms with Gasteiger partial charge >= 0.3 is 0 Å². The highest BCUT2D eigenvalue weighted by molar-refractivity contribution is 5.64. The molecule has 0 aliphatic carbocycles. The van der Waals surface area contributed by atoms with E-state index in [-0.39, 0.29) is 0 Å². The number of aromatic nitrogens is 1. The Kier molecular flexibility index (Phi) is 2.25. The number of hydrogen-bond donors (Lipinski definition) is 0. The number of fused-ring (bicyclic) bond motifs is 1. The fourth-order valence-electron chi connectivity index (χ4n) is 1.85. The summed E-state index contributed by atoms with van der Waals surface area (Å²) in [6.07, 6.45) is 0. The zero-order valence-electron chi connectivity index (χ0n) is 9.86. The van der Waals surface area contributed by atoms with Crippen molar-refractivity contribution in [3.63, 3.8) is 0 Å². The molecule has 0 radical (unpaired) electrons. The van der Waals surface area contributed by atoms with Crippen LogP contribution in [0.1, 0.15) is 11.3 Å². The van der Waals surface area contributed by atoms with E-state index in [4.69, 9.17) is 9.47 Å². The summed E-state index contributed by atoms with van der Waals surface area (Å²) in [5, 5.41) is 0. The summed E-state index contributed by atoms with van der Waals surface area (Å²) in [5.74, 6) is 1.60. The average Bonchev–Trinajstić information content (AvgIpc) is 2.79. The van der Waals surface area contributed by atoms with Gasteiger partial charge in [-0.1, -0.05) is 6.07 Å². The summed E-state index contributed by atoms with van der Waals surface area (Å²) in [6.45, 7) is 4.39. The highest BCUT2D eigenvalue weighted by atomic mass is 16.7. The topological polar surface area (TPSA) is 31.4 Å². The van der Waals surface area contributed by atoms with E-state index in [0.29, 0.717) is 6.79 Å². The fourth-order valence-corrected chi connectivity index (χ4v) is 1.85. The third-order valence-corrected chi connectivity index (χ3v) is 3.02. The Bertz CT molecular complexity index is 578. The summed E-state index contributed by atoms with van der Waals surface area (Å²) >= 11 is 0. The molecule has 0 fully saturated rings. The van der Waals surface area contributed by atoms with Crippen molar-refractivity contribution in [3.05, 3.63) is 41.6 Å². The number of hydrogen-bond acceptors (Lipinski definition) is 3. The molecule has 1 aliphatic heterocycles. The van der Waals surface area contributed by atoms with Gasteiger partial charge in [0.15, 0.2) is 11.5 Å². The lowest BCUT2D eigenvalue weighted by Crippen LogP contribution is -1.93. The maximum atomic E-state index is 5.36. The second-order valence-corrected chi connectivity index (χ2v) is 4.17. The van der Waals surface area contributed by atoms with Crippen LogP contribution < -0.4 is 9.47 Å². The lowest BCUT2D eigenvalue weighted by molar-refractivity contribution is 0.174. The van der Waals surface area contributed by atoms with Crippen LogP contribution in [0.3, 0.4) is 0 Å². The molecule has 86 valence electrons. The second kappa shape index (κ2) is 3.77. The molecular formula is C14H13NO2. The molecule has 0 spiro atoms. The molecule has 2 heterocycles. The van der Waals surface area contributed by atoms with Crippen LogP contribution in [0.15, 0.2) is 30.3 Å². The van der Waals surface area contributed by atoms with Crippen LogP contribution in [0, 0.1) is 13.8 Å². The monoisotopic (exact) mass is 227 g/mol. The van der Waals surface area contributed by atoms with E-state index in [9.17, 15) is 0 Å². The molecule has 3 nitrogen and oxygen atoms in total. The third kappa shape index (κ3) is 1.73. The third-order valence-electron chi connectivity index (χ3n) is 3.02. The van der Waals surface area contributed by atoms with E-state index in [1.807, 2.05) is 31.2 Å². The van der Waals surface area contributed by atoms with E-state index < -0.39 is 0 Å². The molecule has 0 saturated carbocycles. The van der Waals surface area contributed by atoms with Crippen molar-refractivity contribution in [2.75, 3.05) is 6.79 Å². The molecule has 1 aromatic carbocycles. The van der Waals surface area contributed by atoms with Crippen molar-refractivity contribution < 1.29 is 9.47 Å². The fraction of sp³-hybridized carbons (Fsp3) is 0.214. The molecule has 17 heavy (non-hydrogen) atoms. The van der Waals surface area contributed by atoms with Gasteiger partial charge in [-0.05, 0) is 43.7 Å². The smallest absolute Gasteiger partial charge is 0.231 e. The van der Waals surface area contributed by atoms with E-state index in [0.717, 1.165) is 28.5 Å². The molecular weight excluding hydrogens is 214 g/mol. The Morgan fingerprint density at radius 3 is 2.65 bits per heavy atom. The van der Waals surface area contributed by atoms with Crippen molar-refractivity contribution in [3.8, 4) is 22.8 Å². The molecule has 1 aromatic heterocycles. The zero-order chi connectivity index (χ0) is 11.8. The first kappa shape index (κ1) is 10.1. The van der Waals surface area contributed by atoms with Gasteiger partial charge in [0.05, 0.1) is 5.69 Å². The van der Waals surface area contributed by atoms with Gasteiger partial charge in [0.25, 0.3) is 0 Å². The minimum absolute atomic E-state index is 0.305. The number of ether oxygens (including phenoxy) is 2. The summed E-state index contributed by atoms with van der Waals surface area (Å²) < 4.78 is 10.7. The van der Waals surface area contributed by atoms with E-state index in [2.05, 4.69) is 18.0 Å². The van der Waals surface area contributed by atoms with Crippen molar-refractivity contribution >= 4 is 0 Å². The molecule has 1 aliphatic rings. The first-order valence-corrected chi connectivity index (χ1v) is 5.58. The van der Waals surface area contributed by atoms with E-state index in [1.54, 1.807) is 0 Å². The van der Waals surface area contributed by atoms with Gasteiger partial charge in [-0.15, -0.1) is 0 Å². The lowest BCUT2D eigenvalue weighted by atomic mass is 10.1. The Morgan fingerprint density at radius 1 is 1.00 bits per heavy atom. The van der Waals surface area contributed by atoms with Crippen molar-refractivity contribution in [1.29, 1.82) is 0 Å². The van der Waals surface area contributed by atoms with Crippen LogP contribution in [-0.4, -0.2) is 11.8 Å². The lowest BCUT2D eigenvalue weighted by Gasteiger charge is -2.05. The number of pyridine rings is 1. The molecule has 3 heteroatoms. The Balaban J connectivity index is 2.06. The minimum Gasteiger partial charge on any atom is -0.454 e. The van der Waals surface area contributed by atoms with Gasteiger partial charge in [0.2, 0.25) is 6.79 Å². The van der Waals surface area contributed by atoms with Gasteiger partial charge in [-0.25, -0.2) is 0 Å². The van der Waals surface area contributed by atoms with Crippen LogP contribution in [0.5, 0.6) is 11.5 Å². The number of nitrogens with zero attached hydrogens (tertiary/aromatic N) is 1. The molecule has 0 bridgehead atoms. The van der Waals surface area contributed by atoms with E-state index >= 15 is 0 Å². The molecule has 0 atom stereocenters. The average molecular weight is 227 g/mol. The van der Waals surface area contributed by atoms with Crippen LogP contribution in [-0.2, 0) is 0 Å². The maximum Gasteiger partial charge on any atom is 0.231 e. The van der Waals surface area contributed by atoms with Crippen LogP contribution in [0.4, 0.5) is 0 Å². The number of benzene rings is 1. The molecule has 0 N–H and O–H groups in total. The largest absolute Gasteiger partial charge is 0.454 e. The molecule has 3 rings (SSSR count). The quantitative estimate of drug-likeness (QED) is 0.750. The number of rotatable bonds is 1. The summed E-state index contributed by atoms with van der Waals surface area (Å²) in [7, 11) is 0. The Morgan fingerprint density at radius 2 is 1.82 bits per heavy atom. The van der Waals surface area contributed by atoms with Gasteiger partial charge in [-0.2, -0.15) is 0 Å². The van der Waals surface area contributed by atoms with Crippen molar-refractivity contribution in [2.45, 2.75) is 13.8 Å². The van der Waals surface area contributed by atoms with Gasteiger partial charge in [-0.3, -0.25) is 4.98 Å². The number of aryl methyl sites for hydroxylation is 2. The van der Waals surface area contributed by atoms with Gasteiger partial charge in [0, 0.05) is 11.3 Å². The molecule has 0 unspecified atom stereocenters. The highest BCUT2D eigenvalue weighted by Gasteiger charge is 2.14. The molecule has 0 amide bonds. The summed E-state index contributed by atoms with van der Waals surface area (Å²) in [4.78, 5) is 4.57. The standard InChI is InChI=1S/C14H13NO2/c1-9-3-5-12(15-10(9)2)11-4-6-13-14(7-11)17-8-16-13/h3-7H,8H2,1-2H3.